The number of nitrogens with zero attached hydrogens (tertiary/aromatic N) is 5. The van der Waals surface area contributed by atoms with Crippen molar-refractivity contribution in [3.63, 3.8) is 0 Å². The fourth-order valence-corrected chi connectivity index (χ4v) is 4.41. The van der Waals surface area contributed by atoms with E-state index in [1.807, 2.05) is 0 Å². The summed E-state index contributed by atoms with van der Waals surface area (Å²) in [7, 11) is 0. The van der Waals surface area contributed by atoms with Crippen molar-refractivity contribution in [1.82, 2.24) is 24.8 Å². The fourth-order valence-electron chi connectivity index (χ4n) is 3.26. The third kappa shape index (κ3) is 3.80. The Hall–Kier alpha value is -2.49. The highest BCUT2D eigenvalue weighted by molar-refractivity contribution is 7.18. The molecule has 1 unspecified atom stereocenters. The van der Waals surface area contributed by atoms with E-state index in [2.05, 4.69) is 39.4 Å². The second-order valence-electron chi connectivity index (χ2n) is 6.82. The van der Waals surface area contributed by atoms with Crippen molar-refractivity contribution >= 4 is 51.1 Å². The number of nitrogens with one attached hydrogen (secondary N) is 1. The Morgan fingerprint density at radius 1 is 1.27 bits per heavy atom. The molecule has 11 heteroatoms. The first-order valence-electron chi connectivity index (χ1n) is 9.27. The van der Waals surface area contributed by atoms with Gasteiger partial charge in [0, 0.05) is 11.6 Å². The van der Waals surface area contributed by atoms with Crippen molar-refractivity contribution in [1.29, 1.82) is 0 Å². The SMILES string of the molecule is CCCC(C)Nc1c(-c2ccc(F)cc2Cl)c(Cl)nc2c(-c3nnc(N)s3)cnn12. The van der Waals surface area contributed by atoms with Gasteiger partial charge in [0.1, 0.15) is 16.8 Å². The Morgan fingerprint density at radius 2 is 2.07 bits per heavy atom. The molecule has 0 amide bonds. The highest BCUT2D eigenvalue weighted by Crippen LogP contribution is 2.40. The van der Waals surface area contributed by atoms with Gasteiger partial charge in [0.2, 0.25) is 5.13 Å². The van der Waals surface area contributed by atoms with Gasteiger partial charge >= 0.3 is 0 Å². The number of anilines is 2. The molecule has 0 aliphatic rings. The molecule has 4 aromatic rings. The van der Waals surface area contributed by atoms with Crippen molar-refractivity contribution in [3.8, 4) is 21.7 Å². The standard InChI is InChI=1S/C19H18Cl2FN7S/c1-3-4-9(2)25-17-14(11-6-5-10(22)7-13(11)20)15(21)26-16-12(8-24-29(16)17)18-27-28-19(23)30-18/h5-9,25H,3-4H2,1-2H3,(H2,23,28). The summed E-state index contributed by atoms with van der Waals surface area (Å²) in [5.41, 5.74) is 8.00. The van der Waals surface area contributed by atoms with Gasteiger partial charge in [-0.05, 0) is 31.5 Å². The molecule has 0 saturated heterocycles. The molecule has 3 aromatic heterocycles. The third-order valence-electron chi connectivity index (χ3n) is 4.58. The summed E-state index contributed by atoms with van der Waals surface area (Å²) in [5.74, 6) is 0.182. The summed E-state index contributed by atoms with van der Waals surface area (Å²) in [6.07, 6.45) is 3.57. The number of rotatable bonds is 6. The average molecular weight is 466 g/mol. The van der Waals surface area contributed by atoms with E-state index in [4.69, 9.17) is 28.9 Å². The van der Waals surface area contributed by atoms with Crippen LogP contribution in [0.1, 0.15) is 26.7 Å². The van der Waals surface area contributed by atoms with Crippen LogP contribution in [0.5, 0.6) is 0 Å². The number of fused-ring (bicyclic) bond motifs is 1. The van der Waals surface area contributed by atoms with Crippen LogP contribution in [-0.2, 0) is 0 Å². The van der Waals surface area contributed by atoms with E-state index in [0.29, 0.717) is 38.3 Å². The third-order valence-corrected chi connectivity index (χ3v) is 5.95. The normalized spacial score (nSPS) is 12.4. The van der Waals surface area contributed by atoms with Crippen LogP contribution in [0.15, 0.2) is 24.4 Å². The zero-order chi connectivity index (χ0) is 21.4. The first kappa shape index (κ1) is 20.8. The second kappa shape index (κ2) is 8.33. The van der Waals surface area contributed by atoms with Gasteiger partial charge in [-0.25, -0.2) is 9.37 Å². The van der Waals surface area contributed by atoms with E-state index in [9.17, 15) is 4.39 Å². The number of nitrogens with two attached hydrogens (primary N) is 1. The predicted octanol–water partition coefficient (Wildman–Crippen LogP) is 5.54. The zero-order valence-electron chi connectivity index (χ0n) is 16.2. The molecule has 0 radical (unpaired) electrons. The number of hydrogen-bond acceptors (Lipinski definition) is 7. The molecule has 0 spiro atoms. The molecular formula is C19H18Cl2FN7S. The van der Waals surface area contributed by atoms with Crippen LogP contribution in [0.25, 0.3) is 27.3 Å². The van der Waals surface area contributed by atoms with Crippen molar-refractivity contribution in [2.75, 3.05) is 11.1 Å². The highest BCUT2D eigenvalue weighted by Gasteiger charge is 2.23. The van der Waals surface area contributed by atoms with Gasteiger partial charge in [-0.2, -0.15) is 9.61 Å². The van der Waals surface area contributed by atoms with Gasteiger partial charge in [0.25, 0.3) is 0 Å². The maximum atomic E-state index is 13.6. The van der Waals surface area contributed by atoms with Crippen LogP contribution < -0.4 is 11.1 Å². The quantitative estimate of drug-likeness (QED) is 0.362. The minimum Gasteiger partial charge on any atom is -0.374 e. The lowest BCUT2D eigenvalue weighted by Gasteiger charge is -2.20. The summed E-state index contributed by atoms with van der Waals surface area (Å²) in [4.78, 5) is 4.55. The first-order valence-corrected chi connectivity index (χ1v) is 10.8. The largest absolute Gasteiger partial charge is 0.374 e. The van der Waals surface area contributed by atoms with E-state index < -0.39 is 5.82 Å². The minimum atomic E-state index is -0.432. The van der Waals surface area contributed by atoms with Crippen LogP contribution in [0.2, 0.25) is 10.2 Å². The number of hydrogen-bond donors (Lipinski definition) is 2. The number of nitrogen functional groups attached to an aromatic ring is 1. The smallest absolute Gasteiger partial charge is 0.203 e. The van der Waals surface area contributed by atoms with Crippen molar-refractivity contribution in [3.05, 3.63) is 40.4 Å². The molecule has 0 fully saturated rings. The molecule has 4 rings (SSSR count). The molecule has 1 atom stereocenters. The summed E-state index contributed by atoms with van der Waals surface area (Å²) < 4.78 is 15.3. The molecule has 3 heterocycles. The summed E-state index contributed by atoms with van der Waals surface area (Å²) in [6, 6.07) is 4.28. The maximum absolute atomic E-state index is 13.6. The summed E-state index contributed by atoms with van der Waals surface area (Å²) in [5, 5.41) is 17.3. The molecule has 0 saturated carbocycles. The summed E-state index contributed by atoms with van der Waals surface area (Å²) >= 11 is 14.2. The Bertz CT molecular complexity index is 1220. The van der Waals surface area contributed by atoms with E-state index in [1.54, 1.807) is 16.8 Å². The van der Waals surface area contributed by atoms with Crippen LogP contribution in [-0.4, -0.2) is 30.8 Å². The molecular weight excluding hydrogens is 448 g/mol. The number of aromatic nitrogens is 5. The fraction of sp³-hybridized carbons (Fsp3) is 0.263. The molecule has 0 aliphatic heterocycles. The average Bonchev–Trinajstić information content (AvgIpc) is 3.29. The lowest BCUT2D eigenvalue weighted by atomic mass is 10.1. The van der Waals surface area contributed by atoms with E-state index >= 15 is 0 Å². The van der Waals surface area contributed by atoms with Gasteiger partial charge in [-0.1, -0.05) is 47.9 Å². The van der Waals surface area contributed by atoms with Crippen molar-refractivity contribution in [2.24, 2.45) is 0 Å². The lowest BCUT2D eigenvalue weighted by Crippen LogP contribution is -2.18. The zero-order valence-corrected chi connectivity index (χ0v) is 18.5. The van der Waals surface area contributed by atoms with E-state index in [1.165, 1.54) is 23.5 Å². The first-order chi connectivity index (χ1) is 14.4. The molecule has 156 valence electrons. The summed E-state index contributed by atoms with van der Waals surface area (Å²) in [6.45, 7) is 4.17. The van der Waals surface area contributed by atoms with Crippen LogP contribution in [0, 0.1) is 5.82 Å². The van der Waals surface area contributed by atoms with Crippen LogP contribution in [0.3, 0.4) is 0 Å². The Balaban J connectivity index is 1.97. The van der Waals surface area contributed by atoms with Gasteiger partial charge in [-0.3, -0.25) is 0 Å². The lowest BCUT2D eigenvalue weighted by molar-refractivity contribution is 0.628. The van der Waals surface area contributed by atoms with Crippen LogP contribution in [0.4, 0.5) is 15.3 Å². The minimum absolute atomic E-state index is 0.125. The Morgan fingerprint density at radius 3 is 2.73 bits per heavy atom. The molecule has 7 nitrogen and oxygen atoms in total. The number of benzene rings is 1. The van der Waals surface area contributed by atoms with Crippen molar-refractivity contribution in [2.45, 2.75) is 32.7 Å². The van der Waals surface area contributed by atoms with Crippen LogP contribution >= 0.6 is 34.5 Å². The van der Waals surface area contributed by atoms with E-state index in [0.717, 1.165) is 12.8 Å². The Labute approximate surface area is 186 Å². The molecule has 1 aromatic carbocycles. The van der Waals surface area contributed by atoms with Gasteiger partial charge in [0.05, 0.1) is 22.3 Å². The molecule has 0 bridgehead atoms. The van der Waals surface area contributed by atoms with Crippen molar-refractivity contribution < 1.29 is 4.39 Å². The predicted molar refractivity (Wildman–Crippen MR) is 120 cm³/mol. The highest BCUT2D eigenvalue weighted by atomic mass is 35.5. The monoisotopic (exact) mass is 465 g/mol. The second-order valence-corrected chi connectivity index (χ2v) is 8.60. The van der Waals surface area contributed by atoms with Gasteiger partial charge < -0.3 is 11.1 Å². The maximum Gasteiger partial charge on any atom is 0.203 e. The topological polar surface area (TPSA) is 94.0 Å². The Kier molecular flexibility index (Phi) is 5.77. The number of halogens is 3. The molecule has 30 heavy (non-hydrogen) atoms. The van der Waals surface area contributed by atoms with E-state index in [-0.39, 0.29) is 16.2 Å². The molecule has 3 N–H and O–H groups in total. The molecule has 0 aliphatic carbocycles. The van der Waals surface area contributed by atoms with Gasteiger partial charge in [-0.15, -0.1) is 10.2 Å². The van der Waals surface area contributed by atoms with Gasteiger partial charge in [0.15, 0.2) is 10.7 Å².